The lowest BCUT2D eigenvalue weighted by Gasteiger charge is -2.62. The summed E-state index contributed by atoms with van der Waals surface area (Å²) in [6, 6.07) is 0.121. The van der Waals surface area contributed by atoms with Crippen molar-refractivity contribution >= 4 is 23.5 Å². The summed E-state index contributed by atoms with van der Waals surface area (Å²) in [5.74, 6) is 1.74. The van der Waals surface area contributed by atoms with E-state index in [1.165, 1.54) is 50.3 Å². The number of anilines is 1. The first kappa shape index (κ1) is 24.2. The van der Waals surface area contributed by atoms with Crippen molar-refractivity contribution in [2.24, 2.45) is 22.7 Å². The summed E-state index contributed by atoms with van der Waals surface area (Å²) in [5.41, 5.74) is 4.68. The molecule has 3 fully saturated rings. The van der Waals surface area contributed by atoms with Crippen molar-refractivity contribution in [1.29, 1.82) is 0 Å². The Bertz CT molecular complexity index is 1240. The molecule has 0 aromatic carbocycles. The Morgan fingerprint density at radius 1 is 1.28 bits per heavy atom. The highest BCUT2D eigenvalue weighted by atomic mass is 35.5. The number of fused-ring (bicyclic) bond motifs is 1. The van der Waals surface area contributed by atoms with Crippen molar-refractivity contribution in [1.82, 2.24) is 15.0 Å². The first-order chi connectivity index (χ1) is 17.3. The highest BCUT2D eigenvalue weighted by Gasteiger charge is 2.71. The summed E-state index contributed by atoms with van der Waals surface area (Å²) < 4.78 is 15.0. The topological polar surface area (TPSA) is 73.8 Å². The maximum absolute atomic E-state index is 15.0. The predicted molar refractivity (Wildman–Crippen MR) is 142 cm³/mol. The van der Waals surface area contributed by atoms with Gasteiger partial charge in [0.2, 0.25) is 0 Å². The molecule has 3 N–H and O–H groups in total. The molecule has 5 atom stereocenters. The number of aromatic amines is 1. The van der Waals surface area contributed by atoms with Gasteiger partial charge in [0, 0.05) is 40.7 Å². The minimum Gasteiger partial charge on any atom is -0.396 e. The molecule has 0 amide bonds. The first-order valence-electron chi connectivity index (χ1n) is 13.5. The molecule has 0 radical (unpaired) electrons. The van der Waals surface area contributed by atoms with E-state index in [-0.39, 0.29) is 23.9 Å². The van der Waals surface area contributed by atoms with E-state index in [0.717, 1.165) is 42.0 Å². The van der Waals surface area contributed by atoms with E-state index in [2.05, 4.69) is 29.1 Å². The number of aliphatic hydroxyl groups excluding tert-OH is 1. The molecule has 0 aliphatic heterocycles. The van der Waals surface area contributed by atoms with Gasteiger partial charge in [0.05, 0.1) is 6.20 Å². The Morgan fingerprint density at radius 2 is 2.14 bits per heavy atom. The van der Waals surface area contributed by atoms with Crippen LogP contribution >= 0.6 is 11.6 Å². The van der Waals surface area contributed by atoms with E-state index in [1.807, 2.05) is 18.3 Å². The molecule has 0 saturated heterocycles. The van der Waals surface area contributed by atoms with E-state index < -0.39 is 5.82 Å². The quantitative estimate of drug-likeness (QED) is 0.397. The summed E-state index contributed by atoms with van der Waals surface area (Å²) in [5, 5.41) is 13.7. The largest absolute Gasteiger partial charge is 0.396 e. The second-order valence-corrected chi connectivity index (χ2v) is 12.2. The summed E-state index contributed by atoms with van der Waals surface area (Å²) >= 11 is 6.48. The maximum Gasteiger partial charge on any atom is 0.183 e. The molecule has 6 rings (SSSR count). The SMILES string of the molecule is CC1=CC(Cl)=Cc2c(-c3ncc(F)c(NC(C)C45CCCC46CC(CCO)CC6C5)n3)c[nH]c2CC1. The number of halogens is 2. The molecular formula is C29H36ClFN4O. The van der Waals surface area contributed by atoms with Crippen molar-refractivity contribution in [2.45, 2.75) is 77.7 Å². The third-order valence-electron chi connectivity index (χ3n) is 10.0. The summed E-state index contributed by atoms with van der Waals surface area (Å²) in [6.07, 6.45) is 17.2. The van der Waals surface area contributed by atoms with Gasteiger partial charge in [-0.1, -0.05) is 23.6 Å². The van der Waals surface area contributed by atoms with Gasteiger partial charge in [0.1, 0.15) is 0 Å². The lowest BCUT2D eigenvalue weighted by molar-refractivity contribution is -0.109. The van der Waals surface area contributed by atoms with Crippen LogP contribution in [0.25, 0.3) is 17.5 Å². The number of nitrogens with one attached hydrogen (secondary N) is 2. The van der Waals surface area contributed by atoms with Crippen molar-refractivity contribution in [3.05, 3.63) is 46.1 Å². The average molecular weight is 511 g/mol. The average Bonchev–Trinajstić information content (AvgIpc) is 3.45. The van der Waals surface area contributed by atoms with E-state index in [1.54, 1.807) is 0 Å². The molecular weight excluding hydrogens is 475 g/mol. The molecule has 0 bridgehead atoms. The molecule has 192 valence electrons. The number of aliphatic hydroxyl groups is 1. The Morgan fingerprint density at radius 3 is 2.97 bits per heavy atom. The minimum atomic E-state index is -0.417. The van der Waals surface area contributed by atoms with E-state index in [0.29, 0.717) is 22.2 Å². The molecule has 4 aliphatic carbocycles. The van der Waals surface area contributed by atoms with Crippen LogP contribution in [0, 0.1) is 28.5 Å². The minimum absolute atomic E-state index is 0.121. The Balaban J connectivity index is 1.28. The molecule has 1 spiro atoms. The molecule has 7 heteroatoms. The van der Waals surface area contributed by atoms with Gasteiger partial charge >= 0.3 is 0 Å². The van der Waals surface area contributed by atoms with Crippen LogP contribution < -0.4 is 5.32 Å². The van der Waals surface area contributed by atoms with Crippen molar-refractivity contribution < 1.29 is 9.50 Å². The molecule has 2 aromatic heterocycles. The van der Waals surface area contributed by atoms with E-state index in [4.69, 9.17) is 16.6 Å². The van der Waals surface area contributed by atoms with Gasteiger partial charge in [0.25, 0.3) is 0 Å². The third kappa shape index (κ3) is 3.66. The highest BCUT2D eigenvalue weighted by Crippen LogP contribution is 2.77. The third-order valence-corrected chi connectivity index (χ3v) is 10.3. The summed E-state index contributed by atoms with van der Waals surface area (Å²) in [6.45, 7) is 4.58. The van der Waals surface area contributed by atoms with Crippen LogP contribution in [0.5, 0.6) is 0 Å². The normalized spacial score (nSPS) is 31.8. The summed E-state index contributed by atoms with van der Waals surface area (Å²) in [7, 11) is 0. The molecule has 2 aromatic rings. The van der Waals surface area contributed by atoms with Gasteiger partial charge in [-0.2, -0.15) is 0 Å². The number of rotatable bonds is 6. The lowest BCUT2D eigenvalue weighted by Crippen LogP contribution is -2.59. The van der Waals surface area contributed by atoms with E-state index >= 15 is 4.39 Å². The van der Waals surface area contributed by atoms with Gasteiger partial charge in [-0.3, -0.25) is 0 Å². The Hall–Kier alpha value is -2.18. The number of nitrogens with zero attached hydrogens (tertiary/aromatic N) is 2. The molecule has 36 heavy (non-hydrogen) atoms. The highest BCUT2D eigenvalue weighted by molar-refractivity contribution is 6.33. The van der Waals surface area contributed by atoms with Crippen LogP contribution in [-0.2, 0) is 6.42 Å². The van der Waals surface area contributed by atoms with Crippen molar-refractivity contribution in [3.8, 4) is 11.4 Å². The smallest absolute Gasteiger partial charge is 0.183 e. The van der Waals surface area contributed by atoms with Crippen LogP contribution in [-0.4, -0.2) is 32.7 Å². The zero-order valence-electron chi connectivity index (χ0n) is 21.2. The number of aromatic nitrogens is 3. The molecule has 3 saturated carbocycles. The van der Waals surface area contributed by atoms with Crippen LogP contribution in [0.1, 0.15) is 76.5 Å². The molecule has 2 heterocycles. The fourth-order valence-electron chi connectivity index (χ4n) is 8.43. The van der Waals surface area contributed by atoms with Crippen molar-refractivity contribution in [2.75, 3.05) is 11.9 Å². The van der Waals surface area contributed by atoms with Gasteiger partial charge < -0.3 is 15.4 Å². The van der Waals surface area contributed by atoms with Crippen molar-refractivity contribution in [3.63, 3.8) is 0 Å². The van der Waals surface area contributed by atoms with Crippen LogP contribution in [0.4, 0.5) is 10.2 Å². The van der Waals surface area contributed by atoms with Gasteiger partial charge in [-0.05, 0) is 100 Å². The number of aryl methyl sites for hydroxylation is 1. The van der Waals surface area contributed by atoms with Crippen LogP contribution in [0.3, 0.4) is 0 Å². The van der Waals surface area contributed by atoms with E-state index in [9.17, 15) is 5.11 Å². The number of H-pyrrole nitrogens is 1. The second kappa shape index (κ2) is 8.98. The number of hydrogen-bond acceptors (Lipinski definition) is 4. The number of allylic oxidation sites excluding steroid dienone is 3. The molecule has 5 nitrogen and oxygen atoms in total. The second-order valence-electron chi connectivity index (χ2n) is 11.8. The fourth-order valence-corrected chi connectivity index (χ4v) is 8.73. The van der Waals surface area contributed by atoms with Crippen LogP contribution in [0.2, 0.25) is 0 Å². The van der Waals surface area contributed by atoms with Crippen LogP contribution in [0.15, 0.2) is 29.1 Å². The zero-order chi connectivity index (χ0) is 25.1. The molecule has 5 unspecified atom stereocenters. The van der Waals surface area contributed by atoms with Gasteiger partial charge in [-0.15, -0.1) is 0 Å². The van der Waals surface area contributed by atoms with Gasteiger partial charge in [0.15, 0.2) is 17.5 Å². The van der Waals surface area contributed by atoms with Gasteiger partial charge in [-0.25, -0.2) is 14.4 Å². The monoisotopic (exact) mass is 510 g/mol. The lowest BCUT2D eigenvalue weighted by atomic mass is 9.44. The predicted octanol–water partition coefficient (Wildman–Crippen LogP) is 6.85. The number of hydrogen-bond donors (Lipinski definition) is 3. The fraction of sp³-hybridized carbons (Fsp3) is 0.586. The standard InChI is InChI=1S/C29H36ClFN4O/c1-17-4-5-25-22(12-21(30)10-17)23(15-32-25)26-33-16-24(31)27(35-26)34-18(2)28-7-3-8-29(28)13-19(6-9-36)11-20(29)14-28/h10,12,15-16,18-20,32,36H,3-9,11,13-14H2,1-2H3,(H,33,34,35). The molecule has 4 aliphatic rings. The Labute approximate surface area is 217 Å². The Kier molecular flexibility index (Phi) is 6.03. The zero-order valence-corrected chi connectivity index (χ0v) is 22.0. The first-order valence-corrected chi connectivity index (χ1v) is 13.9. The maximum atomic E-state index is 15.0. The summed E-state index contributed by atoms with van der Waals surface area (Å²) in [4.78, 5) is 12.4.